The van der Waals surface area contributed by atoms with Crippen molar-refractivity contribution in [2.24, 2.45) is 11.8 Å². The topological polar surface area (TPSA) is 18.5 Å². The van der Waals surface area contributed by atoms with Crippen LogP contribution in [0, 0.1) is 11.8 Å². The zero-order valence-corrected chi connectivity index (χ0v) is 10.5. The minimum absolute atomic E-state index is 0.282. The smallest absolute Gasteiger partial charge is 0.173 e. The van der Waals surface area contributed by atoms with E-state index in [1.165, 1.54) is 19.3 Å². The summed E-state index contributed by atoms with van der Waals surface area (Å²) in [5, 5.41) is 0. The van der Waals surface area contributed by atoms with E-state index < -0.39 is 0 Å². The van der Waals surface area contributed by atoms with Crippen LogP contribution in [-0.4, -0.2) is 18.0 Å². The van der Waals surface area contributed by atoms with Crippen LogP contribution in [0.15, 0.2) is 0 Å². The molecule has 0 aromatic carbocycles. The molecule has 1 aliphatic carbocycles. The largest absolute Gasteiger partial charge is 0.346 e. The van der Waals surface area contributed by atoms with Crippen molar-refractivity contribution in [3.05, 3.63) is 0 Å². The zero-order valence-electron chi connectivity index (χ0n) is 10.5. The second-order valence-electron chi connectivity index (χ2n) is 5.55. The molecule has 0 aromatic heterocycles. The zero-order chi connectivity index (χ0) is 11.1. The summed E-state index contributed by atoms with van der Waals surface area (Å²) >= 11 is 0. The van der Waals surface area contributed by atoms with Crippen LogP contribution in [0.1, 0.15) is 53.4 Å². The first kappa shape index (κ1) is 11.4. The Morgan fingerprint density at radius 3 is 1.80 bits per heavy atom. The van der Waals surface area contributed by atoms with Gasteiger partial charge in [-0.3, -0.25) is 0 Å². The van der Waals surface area contributed by atoms with Crippen LogP contribution < -0.4 is 0 Å². The standard InChI is InChI=1S/C13H24O2/c1-9-6-5-7-10(2)13(9)14-11(3)8-12(4)15-13/h9-12H,5-8H2,1-4H3. The van der Waals surface area contributed by atoms with E-state index in [-0.39, 0.29) is 5.79 Å². The lowest BCUT2D eigenvalue weighted by Crippen LogP contribution is -2.56. The first-order chi connectivity index (χ1) is 7.04. The minimum Gasteiger partial charge on any atom is -0.346 e. The van der Waals surface area contributed by atoms with Crippen molar-refractivity contribution in [2.45, 2.75) is 71.4 Å². The van der Waals surface area contributed by atoms with E-state index in [9.17, 15) is 0 Å². The third-order valence-corrected chi connectivity index (χ3v) is 4.08. The number of ether oxygens (including phenoxy) is 2. The molecule has 1 spiro atoms. The molecular formula is C13H24O2. The Morgan fingerprint density at radius 2 is 1.33 bits per heavy atom. The molecule has 2 rings (SSSR count). The molecule has 15 heavy (non-hydrogen) atoms. The molecule has 0 amide bonds. The first-order valence-corrected chi connectivity index (χ1v) is 6.40. The summed E-state index contributed by atoms with van der Waals surface area (Å²) in [4.78, 5) is 0. The van der Waals surface area contributed by atoms with Crippen molar-refractivity contribution in [1.29, 1.82) is 0 Å². The fourth-order valence-electron chi connectivity index (χ4n) is 3.30. The third kappa shape index (κ3) is 1.94. The minimum atomic E-state index is -0.282. The fourth-order valence-corrected chi connectivity index (χ4v) is 3.30. The Balaban J connectivity index is 2.20. The molecule has 88 valence electrons. The normalized spacial score (nSPS) is 52.0. The van der Waals surface area contributed by atoms with Crippen LogP contribution in [0.5, 0.6) is 0 Å². The highest BCUT2D eigenvalue weighted by Gasteiger charge is 2.50. The number of hydrogen-bond acceptors (Lipinski definition) is 2. The van der Waals surface area contributed by atoms with Gasteiger partial charge in [0.25, 0.3) is 0 Å². The Bertz CT molecular complexity index is 205. The molecule has 2 fully saturated rings. The summed E-state index contributed by atoms with van der Waals surface area (Å²) in [5.74, 6) is 0.785. The van der Waals surface area contributed by atoms with E-state index in [1.54, 1.807) is 0 Å². The molecule has 0 aromatic rings. The van der Waals surface area contributed by atoms with Crippen LogP contribution in [0.4, 0.5) is 0 Å². The lowest BCUT2D eigenvalue weighted by Gasteiger charge is -2.52. The first-order valence-electron chi connectivity index (χ1n) is 6.40. The van der Waals surface area contributed by atoms with Gasteiger partial charge in [-0.2, -0.15) is 0 Å². The van der Waals surface area contributed by atoms with Gasteiger partial charge in [-0.15, -0.1) is 0 Å². The molecule has 2 aliphatic rings. The van der Waals surface area contributed by atoms with Crippen LogP contribution in [0.3, 0.4) is 0 Å². The van der Waals surface area contributed by atoms with Crippen molar-refractivity contribution in [1.82, 2.24) is 0 Å². The summed E-state index contributed by atoms with van der Waals surface area (Å²) in [5.41, 5.74) is 0. The number of hydrogen-bond donors (Lipinski definition) is 0. The van der Waals surface area contributed by atoms with Gasteiger partial charge in [0.05, 0.1) is 12.2 Å². The van der Waals surface area contributed by atoms with Crippen molar-refractivity contribution in [2.75, 3.05) is 0 Å². The average molecular weight is 212 g/mol. The van der Waals surface area contributed by atoms with Gasteiger partial charge in [0.15, 0.2) is 5.79 Å². The second kappa shape index (κ2) is 4.06. The molecule has 1 aliphatic heterocycles. The van der Waals surface area contributed by atoms with Gasteiger partial charge < -0.3 is 9.47 Å². The van der Waals surface area contributed by atoms with E-state index in [0.29, 0.717) is 24.0 Å². The molecular weight excluding hydrogens is 188 g/mol. The van der Waals surface area contributed by atoms with Gasteiger partial charge in [-0.1, -0.05) is 20.3 Å². The highest BCUT2D eigenvalue weighted by molar-refractivity contribution is 4.90. The van der Waals surface area contributed by atoms with E-state index in [1.807, 2.05) is 0 Å². The van der Waals surface area contributed by atoms with Crippen LogP contribution in [-0.2, 0) is 9.47 Å². The van der Waals surface area contributed by atoms with E-state index >= 15 is 0 Å². The lowest BCUT2D eigenvalue weighted by molar-refractivity contribution is -0.361. The SMILES string of the molecule is CC1CC(C)OC2(O1)C(C)CCCC2C. The van der Waals surface area contributed by atoms with E-state index in [4.69, 9.17) is 9.47 Å². The van der Waals surface area contributed by atoms with Gasteiger partial charge in [-0.25, -0.2) is 0 Å². The van der Waals surface area contributed by atoms with Gasteiger partial charge in [0, 0.05) is 11.8 Å². The predicted molar refractivity (Wildman–Crippen MR) is 60.6 cm³/mol. The van der Waals surface area contributed by atoms with Gasteiger partial charge in [0.1, 0.15) is 0 Å². The Morgan fingerprint density at radius 1 is 0.867 bits per heavy atom. The van der Waals surface area contributed by atoms with Crippen molar-refractivity contribution in [3.63, 3.8) is 0 Å². The Kier molecular flexibility index (Phi) is 3.09. The summed E-state index contributed by atoms with van der Waals surface area (Å²) in [6.45, 7) is 8.91. The Hall–Kier alpha value is -0.0800. The fraction of sp³-hybridized carbons (Fsp3) is 1.00. The van der Waals surface area contributed by atoms with Gasteiger partial charge in [-0.05, 0) is 33.1 Å². The summed E-state index contributed by atoms with van der Waals surface area (Å²) in [6, 6.07) is 0. The molecule has 2 heteroatoms. The summed E-state index contributed by atoms with van der Waals surface area (Å²) in [7, 11) is 0. The second-order valence-corrected chi connectivity index (χ2v) is 5.55. The summed E-state index contributed by atoms with van der Waals surface area (Å²) in [6.07, 6.45) is 5.52. The molecule has 1 saturated carbocycles. The summed E-state index contributed by atoms with van der Waals surface area (Å²) < 4.78 is 12.4. The van der Waals surface area contributed by atoms with Crippen molar-refractivity contribution >= 4 is 0 Å². The predicted octanol–water partition coefficient (Wildman–Crippen LogP) is 3.35. The van der Waals surface area contributed by atoms with E-state index in [2.05, 4.69) is 27.7 Å². The maximum atomic E-state index is 6.19. The van der Waals surface area contributed by atoms with E-state index in [0.717, 1.165) is 6.42 Å². The molecule has 0 N–H and O–H groups in total. The maximum absolute atomic E-state index is 6.19. The lowest BCUT2D eigenvalue weighted by atomic mass is 9.76. The van der Waals surface area contributed by atoms with Gasteiger partial charge >= 0.3 is 0 Å². The van der Waals surface area contributed by atoms with Crippen LogP contribution in [0.2, 0.25) is 0 Å². The van der Waals surface area contributed by atoms with Gasteiger partial charge in [0.2, 0.25) is 0 Å². The molecule has 0 bridgehead atoms. The average Bonchev–Trinajstić information content (AvgIpc) is 2.13. The Labute approximate surface area is 93.3 Å². The number of rotatable bonds is 0. The van der Waals surface area contributed by atoms with Crippen LogP contribution >= 0.6 is 0 Å². The van der Waals surface area contributed by atoms with Crippen LogP contribution in [0.25, 0.3) is 0 Å². The highest BCUT2D eigenvalue weighted by atomic mass is 16.7. The third-order valence-electron chi connectivity index (χ3n) is 4.08. The van der Waals surface area contributed by atoms with Crippen molar-refractivity contribution in [3.8, 4) is 0 Å². The molecule has 4 unspecified atom stereocenters. The highest BCUT2D eigenvalue weighted by Crippen LogP contribution is 2.46. The quantitative estimate of drug-likeness (QED) is 0.613. The molecule has 0 radical (unpaired) electrons. The maximum Gasteiger partial charge on any atom is 0.173 e. The van der Waals surface area contributed by atoms with Crippen molar-refractivity contribution < 1.29 is 9.47 Å². The molecule has 1 heterocycles. The molecule has 1 saturated heterocycles. The monoisotopic (exact) mass is 212 g/mol. The molecule has 2 nitrogen and oxygen atoms in total. The molecule has 4 atom stereocenters.